The van der Waals surface area contributed by atoms with Crippen molar-refractivity contribution in [1.29, 1.82) is 0 Å². The van der Waals surface area contributed by atoms with Crippen LogP contribution in [0, 0.1) is 0 Å². The summed E-state index contributed by atoms with van der Waals surface area (Å²) < 4.78 is 5.24. The summed E-state index contributed by atoms with van der Waals surface area (Å²) >= 11 is 1.70. The molecular formula is C13H17N3OS. The van der Waals surface area contributed by atoms with Crippen molar-refractivity contribution in [2.75, 3.05) is 6.54 Å². The molecule has 0 amide bonds. The van der Waals surface area contributed by atoms with Gasteiger partial charge in [-0.15, -0.1) is 11.8 Å². The van der Waals surface area contributed by atoms with Crippen LogP contribution in [0.1, 0.15) is 31.0 Å². The molecule has 0 bridgehead atoms. The van der Waals surface area contributed by atoms with Crippen LogP contribution in [0.4, 0.5) is 0 Å². The molecule has 5 heteroatoms. The second-order valence-corrected chi connectivity index (χ2v) is 5.18. The molecule has 1 aromatic carbocycles. The van der Waals surface area contributed by atoms with Gasteiger partial charge in [0.15, 0.2) is 5.82 Å². The molecule has 0 aliphatic heterocycles. The number of hydrogen-bond acceptors (Lipinski definition) is 5. The van der Waals surface area contributed by atoms with E-state index in [4.69, 9.17) is 10.3 Å². The number of thioether (sulfide) groups is 1. The van der Waals surface area contributed by atoms with Crippen molar-refractivity contribution >= 4 is 11.8 Å². The molecule has 1 atom stereocenters. The standard InChI is InChI=1S/C13H17N3OS/c1-10(7-8-14)13-15-12(16-17-13)9-18-11-5-3-2-4-6-11/h2-6,10H,7-9,14H2,1H3. The Morgan fingerprint density at radius 1 is 1.33 bits per heavy atom. The highest BCUT2D eigenvalue weighted by atomic mass is 32.2. The van der Waals surface area contributed by atoms with Crippen LogP contribution < -0.4 is 5.73 Å². The fourth-order valence-corrected chi connectivity index (χ4v) is 2.33. The normalized spacial score (nSPS) is 12.6. The molecule has 4 nitrogen and oxygen atoms in total. The van der Waals surface area contributed by atoms with Crippen LogP contribution in [-0.4, -0.2) is 16.7 Å². The summed E-state index contributed by atoms with van der Waals surface area (Å²) in [6.07, 6.45) is 0.869. The molecule has 2 rings (SSSR count). The molecule has 0 radical (unpaired) electrons. The van der Waals surface area contributed by atoms with Crippen molar-refractivity contribution in [2.24, 2.45) is 5.73 Å². The number of rotatable bonds is 6. The molecule has 0 spiro atoms. The van der Waals surface area contributed by atoms with Gasteiger partial charge in [-0.25, -0.2) is 0 Å². The Morgan fingerprint density at radius 2 is 2.11 bits per heavy atom. The van der Waals surface area contributed by atoms with Crippen molar-refractivity contribution in [2.45, 2.75) is 29.9 Å². The molecule has 2 N–H and O–H groups in total. The Hall–Kier alpha value is -1.33. The van der Waals surface area contributed by atoms with E-state index in [1.165, 1.54) is 4.90 Å². The molecule has 1 aromatic heterocycles. The summed E-state index contributed by atoms with van der Waals surface area (Å²) in [5.74, 6) is 2.38. The van der Waals surface area contributed by atoms with Gasteiger partial charge in [0, 0.05) is 10.8 Å². The minimum absolute atomic E-state index is 0.234. The Bertz CT molecular complexity index is 472. The number of nitrogens with two attached hydrogens (primary N) is 1. The van der Waals surface area contributed by atoms with Crippen LogP contribution >= 0.6 is 11.8 Å². The molecule has 0 fully saturated rings. The van der Waals surface area contributed by atoms with Crippen LogP contribution in [0.2, 0.25) is 0 Å². The summed E-state index contributed by atoms with van der Waals surface area (Å²) in [6.45, 7) is 2.69. The van der Waals surface area contributed by atoms with Crippen LogP contribution in [0.15, 0.2) is 39.8 Å². The molecule has 2 aromatic rings. The van der Waals surface area contributed by atoms with Gasteiger partial charge in [0.2, 0.25) is 5.89 Å². The first-order valence-corrected chi connectivity index (χ1v) is 6.98. The zero-order chi connectivity index (χ0) is 12.8. The molecule has 0 saturated heterocycles. The first-order chi connectivity index (χ1) is 8.79. The van der Waals surface area contributed by atoms with E-state index in [1.54, 1.807) is 11.8 Å². The SMILES string of the molecule is CC(CCN)c1nc(CSc2ccccc2)no1. The fourth-order valence-electron chi connectivity index (χ4n) is 1.56. The maximum atomic E-state index is 5.51. The van der Waals surface area contributed by atoms with E-state index >= 15 is 0 Å². The second kappa shape index (κ2) is 6.56. The lowest BCUT2D eigenvalue weighted by molar-refractivity contribution is 0.352. The van der Waals surface area contributed by atoms with Crippen molar-refractivity contribution in [1.82, 2.24) is 10.1 Å². The lowest BCUT2D eigenvalue weighted by Crippen LogP contribution is -2.04. The minimum Gasteiger partial charge on any atom is -0.339 e. The van der Waals surface area contributed by atoms with Gasteiger partial charge < -0.3 is 10.3 Å². The Balaban J connectivity index is 1.91. The zero-order valence-corrected chi connectivity index (χ0v) is 11.2. The van der Waals surface area contributed by atoms with Gasteiger partial charge in [-0.3, -0.25) is 0 Å². The molecule has 96 valence electrons. The Labute approximate surface area is 111 Å². The van der Waals surface area contributed by atoms with Gasteiger partial charge in [-0.05, 0) is 25.1 Å². The van der Waals surface area contributed by atoms with Gasteiger partial charge in [-0.2, -0.15) is 4.98 Å². The summed E-state index contributed by atoms with van der Waals surface area (Å²) in [5.41, 5.74) is 5.51. The average molecular weight is 263 g/mol. The quantitative estimate of drug-likeness (QED) is 0.812. The third-order valence-corrected chi connectivity index (χ3v) is 3.62. The van der Waals surface area contributed by atoms with Crippen molar-refractivity contribution in [3.8, 4) is 0 Å². The average Bonchev–Trinajstić information content (AvgIpc) is 2.87. The van der Waals surface area contributed by atoms with Gasteiger partial charge >= 0.3 is 0 Å². The molecule has 0 saturated carbocycles. The summed E-state index contributed by atoms with van der Waals surface area (Å²) in [7, 11) is 0. The predicted molar refractivity (Wildman–Crippen MR) is 72.4 cm³/mol. The van der Waals surface area contributed by atoms with Gasteiger partial charge in [0.05, 0.1) is 5.75 Å². The van der Waals surface area contributed by atoms with Crippen LogP contribution in [-0.2, 0) is 5.75 Å². The summed E-state index contributed by atoms with van der Waals surface area (Å²) in [4.78, 5) is 5.60. The van der Waals surface area contributed by atoms with E-state index in [2.05, 4.69) is 29.2 Å². The van der Waals surface area contributed by atoms with Crippen molar-refractivity contribution in [3.05, 3.63) is 42.0 Å². The maximum absolute atomic E-state index is 5.51. The first kappa shape index (κ1) is 13.1. The number of nitrogens with zero attached hydrogens (tertiary/aromatic N) is 2. The predicted octanol–water partition coefficient (Wildman–Crippen LogP) is 2.81. The topological polar surface area (TPSA) is 64.9 Å². The van der Waals surface area contributed by atoms with Crippen LogP contribution in [0.3, 0.4) is 0 Å². The summed E-state index contributed by atoms with van der Waals surface area (Å²) in [5, 5.41) is 3.99. The van der Waals surface area contributed by atoms with Gasteiger partial charge in [0.25, 0.3) is 0 Å². The van der Waals surface area contributed by atoms with Crippen molar-refractivity contribution in [3.63, 3.8) is 0 Å². The molecule has 18 heavy (non-hydrogen) atoms. The first-order valence-electron chi connectivity index (χ1n) is 6.00. The number of hydrogen-bond donors (Lipinski definition) is 1. The highest BCUT2D eigenvalue weighted by Gasteiger charge is 2.13. The van der Waals surface area contributed by atoms with Crippen molar-refractivity contribution < 1.29 is 4.52 Å². The van der Waals surface area contributed by atoms with E-state index in [9.17, 15) is 0 Å². The molecule has 0 aliphatic carbocycles. The van der Waals surface area contributed by atoms with E-state index in [0.717, 1.165) is 18.0 Å². The highest BCUT2D eigenvalue weighted by Crippen LogP contribution is 2.22. The lowest BCUT2D eigenvalue weighted by Gasteiger charge is -2.01. The van der Waals surface area contributed by atoms with Crippen LogP contribution in [0.25, 0.3) is 0 Å². The Morgan fingerprint density at radius 3 is 2.83 bits per heavy atom. The van der Waals surface area contributed by atoms with Crippen LogP contribution in [0.5, 0.6) is 0 Å². The van der Waals surface area contributed by atoms with E-state index < -0.39 is 0 Å². The maximum Gasteiger partial charge on any atom is 0.229 e. The van der Waals surface area contributed by atoms with Gasteiger partial charge in [0.1, 0.15) is 0 Å². The fraction of sp³-hybridized carbons (Fsp3) is 0.385. The molecular weight excluding hydrogens is 246 g/mol. The Kier molecular flexibility index (Phi) is 4.78. The molecule has 1 unspecified atom stereocenters. The third kappa shape index (κ3) is 3.58. The van der Waals surface area contributed by atoms with Gasteiger partial charge in [-0.1, -0.05) is 30.3 Å². The molecule has 1 heterocycles. The highest BCUT2D eigenvalue weighted by molar-refractivity contribution is 7.98. The molecule has 0 aliphatic rings. The van der Waals surface area contributed by atoms with E-state index in [-0.39, 0.29) is 5.92 Å². The minimum atomic E-state index is 0.234. The monoisotopic (exact) mass is 263 g/mol. The largest absolute Gasteiger partial charge is 0.339 e. The zero-order valence-electron chi connectivity index (χ0n) is 10.4. The lowest BCUT2D eigenvalue weighted by atomic mass is 10.1. The van der Waals surface area contributed by atoms with E-state index in [1.807, 2.05) is 18.2 Å². The number of benzene rings is 1. The van der Waals surface area contributed by atoms with E-state index in [0.29, 0.717) is 12.4 Å². The summed E-state index contributed by atoms with van der Waals surface area (Å²) in [6, 6.07) is 10.2. The smallest absolute Gasteiger partial charge is 0.229 e. The second-order valence-electron chi connectivity index (χ2n) is 4.13. The number of aromatic nitrogens is 2. The third-order valence-electron chi connectivity index (χ3n) is 2.62.